The van der Waals surface area contributed by atoms with Crippen molar-refractivity contribution in [2.24, 2.45) is 0 Å². The third-order valence-corrected chi connectivity index (χ3v) is 3.35. The zero-order valence-electron chi connectivity index (χ0n) is 12.9. The molecule has 0 aliphatic carbocycles. The minimum atomic E-state index is -1.05. The Balaban J connectivity index is 2.36. The van der Waals surface area contributed by atoms with Gasteiger partial charge in [-0.1, -0.05) is 25.1 Å². The van der Waals surface area contributed by atoms with E-state index in [9.17, 15) is 14.4 Å². The largest absolute Gasteiger partial charge is 0.480 e. The summed E-state index contributed by atoms with van der Waals surface area (Å²) in [6.45, 7) is 1.69. The molecular formula is C16H22N2O4. The van der Waals surface area contributed by atoms with Gasteiger partial charge >= 0.3 is 5.97 Å². The highest BCUT2D eigenvalue weighted by Crippen LogP contribution is 2.13. The van der Waals surface area contributed by atoms with Crippen LogP contribution in [0.3, 0.4) is 0 Å². The van der Waals surface area contributed by atoms with E-state index >= 15 is 0 Å². The van der Waals surface area contributed by atoms with Crippen LogP contribution in [0.15, 0.2) is 30.3 Å². The summed E-state index contributed by atoms with van der Waals surface area (Å²) in [6, 6.07) is 8.38. The fraction of sp³-hybridized carbons (Fsp3) is 0.438. The number of anilines is 1. The fourth-order valence-electron chi connectivity index (χ4n) is 1.97. The number of amides is 2. The maximum Gasteiger partial charge on any atom is 0.326 e. The molecule has 0 aliphatic heterocycles. The van der Waals surface area contributed by atoms with Crippen molar-refractivity contribution in [1.82, 2.24) is 5.32 Å². The van der Waals surface area contributed by atoms with Crippen LogP contribution in [-0.4, -0.2) is 36.0 Å². The number of carbonyl (C=O) groups is 3. The van der Waals surface area contributed by atoms with Crippen molar-refractivity contribution in [2.75, 3.05) is 11.9 Å². The lowest BCUT2D eigenvalue weighted by Crippen LogP contribution is -2.40. The number of hydrogen-bond acceptors (Lipinski definition) is 3. The quantitative estimate of drug-likeness (QED) is 0.766. The van der Waals surface area contributed by atoms with E-state index < -0.39 is 12.0 Å². The smallest absolute Gasteiger partial charge is 0.326 e. The Labute approximate surface area is 130 Å². The van der Waals surface area contributed by atoms with Crippen molar-refractivity contribution in [3.05, 3.63) is 30.3 Å². The van der Waals surface area contributed by atoms with E-state index in [2.05, 4.69) is 5.32 Å². The van der Waals surface area contributed by atoms with Gasteiger partial charge in [0.25, 0.3) is 0 Å². The number of para-hydroxylation sites is 1. The highest BCUT2D eigenvalue weighted by atomic mass is 16.4. The third-order valence-electron chi connectivity index (χ3n) is 3.35. The predicted octanol–water partition coefficient (Wildman–Crippen LogP) is 1.80. The van der Waals surface area contributed by atoms with Crippen LogP contribution >= 0.6 is 0 Å². The Morgan fingerprint density at radius 1 is 1.18 bits per heavy atom. The van der Waals surface area contributed by atoms with Gasteiger partial charge in [-0.05, 0) is 25.0 Å². The number of carboxylic acids is 1. The Morgan fingerprint density at radius 3 is 2.36 bits per heavy atom. The van der Waals surface area contributed by atoms with E-state index in [1.807, 2.05) is 30.3 Å². The van der Waals surface area contributed by atoms with Crippen LogP contribution in [0, 0.1) is 0 Å². The molecule has 22 heavy (non-hydrogen) atoms. The molecule has 2 N–H and O–H groups in total. The van der Waals surface area contributed by atoms with E-state index in [0.29, 0.717) is 12.8 Å². The molecule has 0 bridgehead atoms. The van der Waals surface area contributed by atoms with E-state index in [0.717, 1.165) is 5.69 Å². The monoisotopic (exact) mass is 306 g/mol. The summed E-state index contributed by atoms with van der Waals surface area (Å²) >= 11 is 0. The van der Waals surface area contributed by atoms with Crippen molar-refractivity contribution < 1.29 is 19.5 Å². The zero-order valence-corrected chi connectivity index (χ0v) is 12.9. The number of aliphatic carboxylic acids is 1. The summed E-state index contributed by atoms with van der Waals surface area (Å²) < 4.78 is 0. The first-order valence-electron chi connectivity index (χ1n) is 7.29. The summed E-state index contributed by atoms with van der Waals surface area (Å²) in [7, 11) is 1.69. The molecule has 0 saturated heterocycles. The topological polar surface area (TPSA) is 86.7 Å². The molecule has 6 nitrogen and oxygen atoms in total. The van der Waals surface area contributed by atoms with E-state index in [1.54, 1.807) is 18.9 Å². The highest BCUT2D eigenvalue weighted by Gasteiger charge is 2.17. The van der Waals surface area contributed by atoms with Gasteiger partial charge in [0.15, 0.2) is 0 Å². The predicted molar refractivity (Wildman–Crippen MR) is 83.6 cm³/mol. The van der Waals surface area contributed by atoms with Crippen LogP contribution in [0.2, 0.25) is 0 Å². The first-order valence-corrected chi connectivity index (χ1v) is 7.29. The van der Waals surface area contributed by atoms with Crippen molar-refractivity contribution in [3.63, 3.8) is 0 Å². The summed E-state index contributed by atoms with van der Waals surface area (Å²) in [6.07, 6.45) is 1.09. The number of nitrogens with zero attached hydrogens (tertiary/aromatic N) is 1. The Morgan fingerprint density at radius 2 is 1.82 bits per heavy atom. The Hall–Kier alpha value is -2.37. The van der Waals surface area contributed by atoms with Gasteiger partial charge in [0.1, 0.15) is 6.04 Å². The second-order valence-corrected chi connectivity index (χ2v) is 5.01. The average molecular weight is 306 g/mol. The van der Waals surface area contributed by atoms with Crippen LogP contribution in [0.5, 0.6) is 0 Å². The van der Waals surface area contributed by atoms with Crippen molar-refractivity contribution in [1.29, 1.82) is 0 Å². The summed E-state index contributed by atoms with van der Waals surface area (Å²) in [5, 5.41) is 11.3. The maximum atomic E-state index is 12.0. The molecule has 0 heterocycles. The number of carboxylic acid groups (broad SMARTS) is 1. The maximum absolute atomic E-state index is 12.0. The molecule has 1 atom stereocenters. The second-order valence-electron chi connectivity index (χ2n) is 5.01. The first kappa shape index (κ1) is 17.7. The number of benzene rings is 1. The lowest BCUT2D eigenvalue weighted by atomic mass is 10.1. The number of nitrogens with one attached hydrogen (secondary N) is 1. The van der Waals surface area contributed by atoms with Crippen molar-refractivity contribution >= 4 is 23.5 Å². The summed E-state index contributed by atoms with van der Waals surface area (Å²) in [5.74, 6) is -1.47. The second kappa shape index (κ2) is 8.81. The van der Waals surface area contributed by atoms with Gasteiger partial charge in [-0.25, -0.2) is 4.79 Å². The van der Waals surface area contributed by atoms with E-state index in [1.165, 1.54) is 0 Å². The van der Waals surface area contributed by atoms with Crippen LogP contribution in [0.4, 0.5) is 5.69 Å². The molecule has 0 radical (unpaired) electrons. The molecule has 120 valence electrons. The standard InChI is InChI=1S/C16H22N2O4/c1-3-13(16(21)22)17-14(19)10-7-11-15(20)18(2)12-8-5-4-6-9-12/h4-6,8-9,13H,3,7,10-11H2,1-2H3,(H,17,19)(H,21,22). The first-order chi connectivity index (χ1) is 10.5. The molecule has 0 spiro atoms. The van der Waals surface area contributed by atoms with Crippen molar-refractivity contribution in [2.45, 2.75) is 38.6 Å². The van der Waals surface area contributed by atoms with Crippen LogP contribution < -0.4 is 10.2 Å². The normalized spacial score (nSPS) is 11.5. The SMILES string of the molecule is CCC(NC(=O)CCCC(=O)N(C)c1ccccc1)C(=O)O. The number of rotatable bonds is 8. The minimum absolute atomic E-state index is 0.0794. The van der Waals surface area contributed by atoms with E-state index in [-0.39, 0.29) is 24.7 Å². The Kier molecular flexibility index (Phi) is 7.08. The highest BCUT2D eigenvalue weighted by molar-refractivity contribution is 5.93. The van der Waals surface area contributed by atoms with Gasteiger partial charge in [0.2, 0.25) is 11.8 Å². The molecule has 0 fully saturated rings. The van der Waals surface area contributed by atoms with Crippen LogP contribution in [0.25, 0.3) is 0 Å². The summed E-state index contributed by atoms with van der Waals surface area (Å²) in [5.41, 5.74) is 0.800. The zero-order chi connectivity index (χ0) is 16.5. The lowest BCUT2D eigenvalue weighted by molar-refractivity contribution is -0.142. The Bertz CT molecular complexity index is 516. The molecular weight excluding hydrogens is 284 g/mol. The number of carbonyl (C=O) groups excluding carboxylic acids is 2. The molecule has 1 aromatic carbocycles. The minimum Gasteiger partial charge on any atom is -0.480 e. The van der Waals surface area contributed by atoms with Gasteiger partial charge in [0.05, 0.1) is 0 Å². The van der Waals surface area contributed by atoms with E-state index in [4.69, 9.17) is 5.11 Å². The van der Waals surface area contributed by atoms with Gasteiger partial charge in [-0.15, -0.1) is 0 Å². The number of hydrogen-bond donors (Lipinski definition) is 2. The van der Waals surface area contributed by atoms with Gasteiger partial charge in [-0.2, -0.15) is 0 Å². The lowest BCUT2D eigenvalue weighted by Gasteiger charge is -2.17. The molecule has 0 aliphatic rings. The van der Waals surface area contributed by atoms with Crippen molar-refractivity contribution in [3.8, 4) is 0 Å². The van der Waals surface area contributed by atoms with Gasteiger partial charge < -0.3 is 15.3 Å². The van der Waals surface area contributed by atoms with Gasteiger partial charge in [0, 0.05) is 25.6 Å². The van der Waals surface area contributed by atoms with Gasteiger partial charge in [-0.3, -0.25) is 9.59 Å². The third kappa shape index (κ3) is 5.55. The molecule has 1 aromatic rings. The molecule has 6 heteroatoms. The average Bonchev–Trinajstić information content (AvgIpc) is 2.52. The van der Waals surface area contributed by atoms with Crippen LogP contribution in [0.1, 0.15) is 32.6 Å². The summed E-state index contributed by atoms with van der Waals surface area (Å²) in [4.78, 5) is 36.0. The molecule has 1 unspecified atom stereocenters. The fourth-order valence-corrected chi connectivity index (χ4v) is 1.97. The molecule has 2 amide bonds. The van der Waals surface area contributed by atoms with Crippen LogP contribution in [-0.2, 0) is 14.4 Å². The molecule has 0 aromatic heterocycles. The molecule has 1 rings (SSSR count). The molecule has 0 saturated carbocycles.